The number of Topliss-reactive ketones (excluding diaryl/α,β-unsaturated/α-hetero) is 1. The number of nitrogens with zero attached hydrogens (tertiary/aromatic N) is 4. The summed E-state index contributed by atoms with van der Waals surface area (Å²) >= 11 is 0. The highest BCUT2D eigenvalue weighted by Crippen LogP contribution is 2.44. The average molecular weight is 1200 g/mol. The summed E-state index contributed by atoms with van der Waals surface area (Å²) in [5, 5.41) is 9.23. The number of nitrogens with two attached hydrogens (primary N) is 2. The number of ketones is 1. The molecule has 17 heteroatoms. The van der Waals surface area contributed by atoms with Crippen molar-refractivity contribution in [2.45, 2.75) is 175 Å². The normalized spacial score (nSPS) is 12.6. The fourth-order valence-corrected chi connectivity index (χ4v) is 11.8. The van der Waals surface area contributed by atoms with Crippen molar-refractivity contribution in [2.75, 3.05) is 24.2 Å². The van der Waals surface area contributed by atoms with Crippen molar-refractivity contribution in [3.63, 3.8) is 0 Å². The minimum absolute atomic E-state index is 0.0230. The highest BCUT2D eigenvalue weighted by atomic mass is 16.6. The second kappa shape index (κ2) is 32.9. The van der Waals surface area contributed by atoms with Crippen molar-refractivity contribution < 1.29 is 38.2 Å². The van der Waals surface area contributed by atoms with Gasteiger partial charge in [0.25, 0.3) is 0 Å². The smallest absolute Gasteiger partial charge is 0.417 e. The first-order valence-corrected chi connectivity index (χ1v) is 31.9. The van der Waals surface area contributed by atoms with E-state index in [0.717, 1.165) is 94.1 Å². The zero-order chi connectivity index (χ0) is 62.4. The number of imidazole rings is 1. The maximum absolute atomic E-state index is 14.1. The average Bonchev–Trinajstić information content (AvgIpc) is 1.93. The standard InChI is InChI=1S/C71H89N9O8/c1-5-7-9-10-11-12-13-14-15-16-17-33-63(82)80(45-50-36-34-49(35-37-50)44-79-62(32-8-6-2)77-65-66(79)58-30-22-23-31-60(58)76-67(65)72)71(86)88-46-51-38-40-53(41-39-51)75-68(83)52(25-24-42-74-69(73)84)43-61(81)64(48(3)4)78-70(85)87-47-59-56-28-20-18-26-54(56)55-27-19-21-29-57(55)59/h18-23,26-31,34-41,48,52,59,64H,5-17,24-25,32-33,42-47H2,1-4H3,(H2,72,76)(H,75,83)(H,78,85)(H3,73,74,84)/t52-,64+/m1/s1. The monoisotopic (exact) mass is 1200 g/mol. The number of aryl methyl sites for hydroxylation is 1. The van der Waals surface area contributed by atoms with Crippen LogP contribution in [0.25, 0.3) is 33.1 Å². The fourth-order valence-electron chi connectivity index (χ4n) is 11.8. The number of primary amides is 1. The summed E-state index contributed by atoms with van der Waals surface area (Å²) in [6.07, 6.45) is 14.4. The number of carbonyl (C=O) groups excluding carboxylic acids is 6. The van der Waals surface area contributed by atoms with Gasteiger partial charge in [-0.15, -0.1) is 0 Å². The first-order valence-electron chi connectivity index (χ1n) is 31.9. The van der Waals surface area contributed by atoms with Crippen molar-refractivity contribution >= 4 is 69.3 Å². The Morgan fingerprint density at radius 2 is 1.27 bits per heavy atom. The molecular formula is C71H89N9O8. The Hall–Kier alpha value is -8.60. The Kier molecular flexibility index (Phi) is 24.5. The van der Waals surface area contributed by atoms with Gasteiger partial charge >= 0.3 is 18.2 Å². The lowest BCUT2D eigenvalue weighted by molar-refractivity contribution is -0.130. The van der Waals surface area contributed by atoms with E-state index in [0.29, 0.717) is 42.0 Å². The molecule has 0 fully saturated rings. The van der Waals surface area contributed by atoms with Crippen LogP contribution in [0, 0.1) is 11.8 Å². The number of rotatable bonds is 34. The summed E-state index contributed by atoms with van der Waals surface area (Å²) in [5.74, 6) is -1.08. The van der Waals surface area contributed by atoms with E-state index in [1.54, 1.807) is 24.3 Å². The summed E-state index contributed by atoms with van der Waals surface area (Å²) in [4.78, 5) is 92.0. The molecule has 0 aliphatic heterocycles. The largest absolute Gasteiger partial charge is 0.449 e. The molecule has 7 aromatic rings. The molecule has 466 valence electrons. The predicted molar refractivity (Wildman–Crippen MR) is 347 cm³/mol. The molecule has 1 aliphatic carbocycles. The van der Waals surface area contributed by atoms with Crippen LogP contribution in [0.15, 0.2) is 121 Å². The van der Waals surface area contributed by atoms with E-state index in [-0.39, 0.29) is 69.1 Å². The lowest BCUT2D eigenvalue weighted by atomic mass is 9.89. The third-order valence-electron chi connectivity index (χ3n) is 16.7. The number of anilines is 2. The maximum atomic E-state index is 14.1. The maximum Gasteiger partial charge on any atom is 0.417 e. The number of para-hydroxylation sites is 1. The topological polar surface area (TPSA) is 243 Å². The number of imide groups is 1. The van der Waals surface area contributed by atoms with Gasteiger partial charge < -0.3 is 41.5 Å². The number of hydrogen-bond donors (Lipinski definition) is 5. The minimum atomic E-state index is -0.947. The molecule has 8 rings (SSSR count). The Bertz CT molecular complexity index is 3430. The molecule has 0 spiro atoms. The molecule has 0 unspecified atom stereocenters. The quantitative estimate of drug-likeness (QED) is 0.0238. The van der Waals surface area contributed by atoms with Gasteiger partial charge in [-0.1, -0.05) is 201 Å². The molecule has 0 saturated carbocycles. The van der Waals surface area contributed by atoms with Crippen LogP contribution in [0.3, 0.4) is 0 Å². The van der Waals surface area contributed by atoms with E-state index in [2.05, 4.69) is 51.5 Å². The van der Waals surface area contributed by atoms with Gasteiger partial charge in [0.15, 0.2) is 11.6 Å². The van der Waals surface area contributed by atoms with Gasteiger partial charge in [0, 0.05) is 55.3 Å². The number of nitrogen functional groups attached to an aromatic ring is 1. The Labute approximate surface area is 518 Å². The van der Waals surface area contributed by atoms with Gasteiger partial charge in [0.1, 0.15) is 24.6 Å². The van der Waals surface area contributed by atoms with E-state index in [4.69, 9.17) is 25.9 Å². The molecule has 2 atom stereocenters. The molecular weight excluding hydrogens is 1110 g/mol. The zero-order valence-electron chi connectivity index (χ0n) is 51.8. The number of ether oxygens (including phenoxy) is 2. The first-order chi connectivity index (χ1) is 42.7. The highest BCUT2D eigenvalue weighted by molar-refractivity contribution is 6.06. The first kappa shape index (κ1) is 65.4. The van der Waals surface area contributed by atoms with Crippen LogP contribution < -0.4 is 27.4 Å². The van der Waals surface area contributed by atoms with E-state index < -0.39 is 36.1 Å². The molecule has 1 aliphatic rings. The van der Waals surface area contributed by atoms with Crippen LogP contribution in [0.4, 0.5) is 25.9 Å². The van der Waals surface area contributed by atoms with Gasteiger partial charge in [-0.3, -0.25) is 14.4 Å². The van der Waals surface area contributed by atoms with Gasteiger partial charge in [-0.05, 0) is 88.7 Å². The van der Waals surface area contributed by atoms with E-state index in [1.807, 2.05) is 98.8 Å². The molecule has 2 aromatic heterocycles. The lowest BCUT2D eigenvalue weighted by Gasteiger charge is -2.24. The molecule has 17 nitrogen and oxygen atoms in total. The van der Waals surface area contributed by atoms with Crippen LogP contribution in [-0.2, 0) is 50.0 Å². The third-order valence-corrected chi connectivity index (χ3v) is 16.7. The summed E-state index contributed by atoms with van der Waals surface area (Å²) in [5.41, 5.74) is 21.4. The second-order valence-corrected chi connectivity index (χ2v) is 23.7. The highest BCUT2D eigenvalue weighted by Gasteiger charge is 2.33. The Morgan fingerprint density at radius 3 is 1.92 bits per heavy atom. The number of pyridine rings is 1. The number of nitrogens with one attached hydrogen (secondary N) is 3. The van der Waals surface area contributed by atoms with Crippen LogP contribution >= 0.6 is 0 Å². The number of amides is 6. The van der Waals surface area contributed by atoms with Gasteiger partial charge in [-0.2, -0.15) is 0 Å². The van der Waals surface area contributed by atoms with Crippen molar-refractivity contribution in [3.05, 3.63) is 155 Å². The predicted octanol–water partition coefficient (Wildman–Crippen LogP) is 14.4. The summed E-state index contributed by atoms with van der Waals surface area (Å²) in [6, 6.07) is 37.1. The minimum Gasteiger partial charge on any atom is -0.449 e. The Morgan fingerprint density at radius 1 is 0.670 bits per heavy atom. The number of fused-ring (bicyclic) bond motifs is 6. The van der Waals surface area contributed by atoms with E-state index in [9.17, 15) is 28.8 Å². The summed E-state index contributed by atoms with van der Waals surface area (Å²) in [6.45, 7) is 8.71. The summed E-state index contributed by atoms with van der Waals surface area (Å²) < 4.78 is 13.9. The molecule has 5 aromatic carbocycles. The van der Waals surface area contributed by atoms with Gasteiger partial charge in [0.2, 0.25) is 11.8 Å². The molecule has 0 radical (unpaired) electrons. The number of unbranched alkanes of at least 4 members (excludes halogenated alkanes) is 11. The second-order valence-electron chi connectivity index (χ2n) is 23.7. The number of aromatic nitrogens is 3. The van der Waals surface area contributed by atoms with Gasteiger partial charge in [0.05, 0.1) is 23.6 Å². The van der Waals surface area contributed by atoms with Crippen LogP contribution in [0.5, 0.6) is 0 Å². The number of benzene rings is 5. The number of hydrogen-bond acceptors (Lipinski definition) is 11. The van der Waals surface area contributed by atoms with Crippen molar-refractivity contribution in [3.8, 4) is 11.1 Å². The van der Waals surface area contributed by atoms with Gasteiger partial charge in [-0.25, -0.2) is 29.3 Å². The van der Waals surface area contributed by atoms with Crippen molar-refractivity contribution in [1.29, 1.82) is 0 Å². The number of alkyl carbamates (subject to hydrolysis) is 1. The van der Waals surface area contributed by atoms with Crippen LogP contribution in [0.1, 0.15) is 176 Å². The number of urea groups is 1. The van der Waals surface area contributed by atoms with Crippen molar-refractivity contribution in [1.82, 2.24) is 30.1 Å². The van der Waals surface area contributed by atoms with E-state index in [1.165, 1.54) is 49.8 Å². The molecule has 2 heterocycles. The molecule has 0 bridgehead atoms. The Balaban J connectivity index is 0.892. The molecule has 88 heavy (non-hydrogen) atoms. The number of carbonyl (C=O) groups is 6. The van der Waals surface area contributed by atoms with Crippen LogP contribution in [0.2, 0.25) is 0 Å². The summed E-state index contributed by atoms with van der Waals surface area (Å²) in [7, 11) is 0. The SMILES string of the molecule is CCCCCCCCCCCCCC(=O)N(Cc1ccc(Cn2c(CCCC)nc3c(N)nc4ccccc4c32)cc1)C(=O)OCc1ccc(NC(=O)[C@H](CCCNC(N)=O)CC(=O)[C@@H](NC(=O)OCC2c3ccccc3-c3ccccc32)C(C)C)cc1. The lowest BCUT2D eigenvalue weighted by Crippen LogP contribution is -2.46. The van der Waals surface area contributed by atoms with Crippen LogP contribution in [-0.4, -0.2) is 74.4 Å². The molecule has 0 saturated heterocycles. The third kappa shape index (κ3) is 18.0. The zero-order valence-corrected chi connectivity index (χ0v) is 51.8. The molecule has 7 N–H and O–H groups in total. The fraction of sp³-hybridized carbons (Fsp3) is 0.437. The molecule has 6 amide bonds. The van der Waals surface area contributed by atoms with Crippen molar-refractivity contribution in [2.24, 2.45) is 17.6 Å². The van der Waals surface area contributed by atoms with E-state index >= 15 is 0 Å².